The van der Waals surface area contributed by atoms with Crippen molar-refractivity contribution in [1.82, 2.24) is 5.32 Å². The lowest BCUT2D eigenvalue weighted by Crippen LogP contribution is -2.32. The number of nitrogens with one attached hydrogen (secondary N) is 1. The minimum absolute atomic E-state index is 0.147. The summed E-state index contributed by atoms with van der Waals surface area (Å²) in [5, 5.41) is 4.22. The zero-order valence-electron chi connectivity index (χ0n) is 11.8. The first-order valence-electron chi connectivity index (χ1n) is 6.88. The fourth-order valence-corrected chi connectivity index (χ4v) is 2.92. The van der Waals surface area contributed by atoms with E-state index in [-0.39, 0.29) is 12.1 Å². The maximum absolute atomic E-state index is 6.38. The topological polar surface area (TPSA) is 30.5 Å². The molecule has 3 nitrogen and oxygen atoms in total. The molecular formula is C15H22ClNO2. The number of ether oxygens (including phenoxy) is 2. The third-order valence-corrected chi connectivity index (χ3v) is 3.93. The molecule has 1 N–H and O–H groups in total. The number of hydrogen-bond donors (Lipinski definition) is 1. The quantitative estimate of drug-likeness (QED) is 0.896. The second kappa shape index (κ2) is 6.60. The SMILES string of the molecule is CCNC(c1ccc(OC)cc1Cl)C1CCC(C)O1. The number of methoxy groups -OCH3 is 1. The summed E-state index contributed by atoms with van der Waals surface area (Å²) in [5.74, 6) is 0.782. The zero-order valence-corrected chi connectivity index (χ0v) is 12.5. The minimum Gasteiger partial charge on any atom is -0.497 e. The molecule has 1 saturated heterocycles. The van der Waals surface area contributed by atoms with Crippen LogP contribution < -0.4 is 10.1 Å². The van der Waals surface area contributed by atoms with E-state index in [1.807, 2.05) is 18.2 Å². The first-order chi connectivity index (χ1) is 9.15. The van der Waals surface area contributed by atoms with Crippen molar-refractivity contribution in [2.24, 2.45) is 0 Å². The molecule has 0 spiro atoms. The van der Waals surface area contributed by atoms with E-state index in [2.05, 4.69) is 19.2 Å². The molecule has 1 aromatic carbocycles. The van der Waals surface area contributed by atoms with Crippen molar-refractivity contribution >= 4 is 11.6 Å². The van der Waals surface area contributed by atoms with E-state index in [0.717, 1.165) is 35.7 Å². The number of hydrogen-bond acceptors (Lipinski definition) is 3. The Morgan fingerprint density at radius 3 is 2.79 bits per heavy atom. The van der Waals surface area contributed by atoms with Gasteiger partial charge in [-0.1, -0.05) is 24.6 Å². The van der Waals surface area contributed by atoms with Gasteiger partial charge in [0.2, 0.25) is 0 Å². The van der Waals surface area contributed by atoms with E-state index >= 15 is 0 Å². The van der Waals surface area contributed by atoms with Crippen molar-refractivity contribution in [1.29, 1.82) is 0 Å². The van der Waals surface area contributed by atoms with E-state index in [4.69, 9.17) is 21.1 Å². The first-order valence-corrected chi connectivity index (χ1v) is 7.25. The zero-order chi connectivity index (χ0) is 13.8. The van der Waals surface area contributed by atoms with Crippen LogP contribution in [0.3, 0.4) is 0 Å². The maximum Gasteiger partial charge on any atom is 0.120 e. The number of benzene rings is 1. The summed E-state index contributed by atoms with van der Waals surface area (Å²) in [7, 11) is 1.65. The van der Waals surface area contributed by atoms with Gasteiger partial charge in [0.15, 0.2) is 0 Å². The van der Waals surface area contributed by atoms with E-state index < -0.39 is 0 Å². The summed E-state index contributed by atoms with van der Waals surface area (Å²) in [4.78, 5) is 0. The predicted octanol–water partition coefficient (Wildman–Crippen LogP) is 3.57. The van der Waals surface area contributed by atoms with E-state index in [9.17, 15) is 0 Å². The summed E-state index contributed by atoms with van der Waals surface area (Å²) in [6.07, 6.45) is 2.71. The van der Waals surface area contributed by atoms with Crippen LogP contribution >= 0.6 is 11.6 Å². The van der Waals surface area contributed by atoms with Gasteiger partial charge >= 0.3 is 0 Å². The van der Waals surface area contributed by atoms with Crippen LogP contribution in [0.5, 0.6) is 5.75 Å². The lowest BCUT2D eigenvalue weighted by molar-refractivity contribution is 0.0319. The van der Waals surface area contributed by atoms with Crippen LogP contribution in [-0.2, 0) is 4.74 Å². The molecule has 19 heavy (non-hydrogen) atoms. The Morgan fingerprint density at radius 2 is 2.26 bits per heavy atom. The maximum atomic E-state index is 6.38. The Morgan fingerprint density at radius 1 is 1.47 bits per heavy atom. The second-order valence-electron chi connectivity index (χ2n) is 4.99. The van der Waals surface area contributed by atoms with Gasteiger partial charge in [-0.25, -0.2) is 0 Å². The Labute approximate surface area is 120 Å². The first kappa shape index (κ1) is 14.6. The van der Waals surface area contributed by atoms with Crippen molar-refractivity contribution in [3.05, 3.63) is 28.8 Å². The van der Waals surface area contributed by atoms with Gasteiger partial charge in [-0.3, -0.25) is 0 Å². The number of rotatable bonds is 5. The lowest BCUT2D eigenvalue weighted by Gasteiger charge is -2.26. The van der Waals surface area contributed by atoms with Gasteiger partial charge in [-0.15, -0.1) is 0 Å². The molecule has 1 heterocycles. The van der Waals surface area contributed by atoms with Crippen molar-refractivity contribution in [2.75, 3.05) is 13.7 Å². The molecule has 0 radical (unpaired) electrons. The highest BCUT2D eigenvalue weighted by atomic mass is 35.5. The highest BCUT2D eigenvalue weighted by molar-refractivity contribution is 6.31. The van der Waals surface area contributed by atoms with Gasteiger partial charge in [0.25, 0.3) is 0 Å². The molecule has 1 aromatic rings. The Hall–Kier alpha value is -0.770. The standard InChI is InChI=1S/C15H22ClNO2/c1-4-17-15(14-8-5-10(2)19-14)12-7-6-11(18-3)9-13(12)16/h6-7,9-10,14-15,17H,4-5,8H2,1-3H3. The van der Waals surface area contributed by atoms with Crippen LogP contribution in [0.4, 0.5) is 0 Å². The Bertz CT molecular complexity index is 425. The molecule has 0 aliphatic carbocycles. The summed E-state index contributed by atoms with van der Waals surface area (Å²) in [6.45, 7) is 5.11. The molecule has 2 rings (SSSR count). The van der Waals surface area contributed by atoms with Gasteiger partial charge in [-0.2, -0.15) is 0 Å². The van der Waals surface area contributed by atoms with Crippen LogP contribution in [0.15, 0.2) is 18.2 Å². The van der Waals surface area contributed by atoms with E-state index in [1.165, 1.54) is 0 Å². The van der Waals surface area contributed by atoms with Crippen molar-refractivity contribution in [3.8, 4) is 5.75 Å². The molecule has 0 bridgehead atoms. The van der Waals surface area contributed by atoms with Gasteiger partial charge in [0.05, 0.1) is 25.4 Å². The fourth-order valence-electron chi connectivity index (χ4n) is 2.63. The third kappa shape index (κ3) is 3.41. The highest BCUT2D eigenvalue weighted by Crippen LogP contribution is 2.34. The van der Waals surface area contributed by atoms with Gasteiger partial charge in [0, 0.05) is 5.02 Å². The molecule has 0 amide bonds. The molecule has 1 aliphatic heterocycles. The fraction of sp³-hybridized carbons (Fsp3) is 0.600. The largest absolute Gasteiger partial charge is 0.497 e. The van der Waals surface area contributed by atoms with Crippen LogP contribution in [0, 0.1) is 0 Å². The number of halogens is 1. The molecule has 106 valence electrons. The smallest absolute Gasteiger partial charge is 0.120 e. The average Bonchev–Trinajstić information content (AvgIpc) is 2.83. The predicted molar refractivity (Wildman–Crippen MR) is 78.0 cm³/mol. The molecule has 4 heteroatoms. The van der Waals surface area contributed by atoms with Crippen LogP contribution in [0.25, 0.3) is 0 Å². The molecule has 0 aromatic heterocycles. The normalized spacial score (nSPS) is 24.4. The molecular weight excluding hydrogens is 262 g/mol. The van der Waals surface area contributed by atoms with Crippen LogP contribution in [-0.4, -0.2) is 25.9 Å². The molecule has 1 aliphatic rings. The Kier molecular flexibility index (Phi) is 5.08. The van der Waals surface area contributed by atoms with E-state index in [0.29, 0.717) is 6.10 Å². The van der Waals surface area contributed by atoms with Crippen molar-refractivity contribution in [2.45, 2.75) is 44.9 Å². The van der Waals surface area contributed by atoms with Gasteiger partial charge in [-0.05, 0) is 44.0 Å². The molecule has 3 unspecified atom stereocenters. The summed E-state index contributed by atoms with van der Waals surface area (Å²) >= 11 is 6.38. The minimum atomic E-state index is 0.147. The number of likely N-dealkylation sites (N-methyl/N-ethyl adjacent to an activating group) is 1. The highest BCUT2D eigenvalue weighted by Gasteiger charge is 2.31. The van der Waals surface area contributed by atoms with Crippen LogP contribution in [0.2, 0.25) is 5.02 Å². The monoisotopic (exact) mass is 283 g/mol. The summed E-state index contributed by atoms with van der Waals surface area (Å²) in [5.41, 5.74) is 1.09. The summed E-state index contributed by atoms with van der Waals surface area (Å²) < 4.78 is 11.2. The third-order valence-electron chi connectivity index (χ3n) is 3.60. The molecule has 1 fully saturated rings. The molecule has 0 saturated carbocycles. The van der Waals surface area contributed by atoms with E-state index in [1.54, 1.807) is 7.11 Å². The van der Waals surface area contributed by atoms with Gasteiger partial charge in [0.1, 0.15) is 5.75 Å². The lowest BCUT2D eigenvalue weighted by atomic mass is 9.98. The summed E-state index contributed by atoms with van der Waals surface area (Å²) in [6, 6.07) is 5.98. The average molecular weight is 284 g/mol. The second-order valence-corrected chi connectivity index (χ2v) is 5.39. The van der Waals surface area contributed by atoms with Crippen LogP contribution in [0.1, 0.15) is 38.3 Å². The Balaban J connectivity index is 2.23. The van der Waals surface area contributed by atoms with Gasteiger partial charge < -0.3 is 14.8 Å². The van der Waals surface area contributed by atoms with Crippen molar-refractivity contribution < 1.29 is 9.47 Å². The van der Waals surface area contributed by atoms with Crippen molar-refractivity contribution in [3.63, 3.8) is 0 Å². The molecule has 3 atom stereocenters.